The highest BCUT2D eigenvalue weighted by Gasteiger charge is 2.22. The van der Waals surface area contributed by atoms with Gasteiger partial charge in [-0.1, -0.05) is 143 Å². The first-order valence-electron chi connectivity index (χ1n) is 22.3. The minimum absolute atomic E-state index is 0.00117. The number of carbonyl (C=O) groups excluding carboxylic acids is 2. The number of rotatable bonds is 36. The molecule has 1 aliphatic rings. The molecule has 0 amide bonds. The van der Waals surface area contributed by atoms with E-state index in [1.807, 2.05) is 0 Å². The molecule has 1 fully saturated rings. The van der Waals surface area contributed by atoms with E-state index < -0.39 is 6.16 Å². The summed E-state index contributed by atoms with van der Waals surface area (Å²) in [5, 5.41) is 9.54. The first-order valence-corrected chi connectivity index (χ1v) is 22.3. The zero-order chi connectivity index (χ0) is 37.0. The highest BCUT2D eigenvalue weighted by molar-refractivity contribution is 5.69. The van der Waals surface area contributed by atoms with Gasteiger partial charge in [0.2, 0.25) is 0 Å². The molecule has 1 saturated carbocycles. The molecule has 1 aliphatic carbocycles. The second kappa shape index (κ2) is 35.7. The standard InChI is InChI=1S/C44H85NO6/c1-4-7-10-12-15-20-27-42(28-21-16-13-11-8-5-2)51-43(47)29-22-17-14-18-23-34-45(36-37-46)35-24-25-38-49-44(48)50-39-41-32-30-40(31-33-41)26-19-9-6-3/h40-42,46H,4-39H2,1-3H3. The lowest BCUT2D eigenvalue weighted by atomic mass is 9.80. The number of carbonyl (C=O) groups is 2. The van der Waals surface area contributed by atoms with Crippen molar-refractivity contribution in [2.75, 3.05) is 39.5 Å². The van der Waals surface area contributed by atoms with Crippen LogP contribution in [0.5, 0.6) is 0 Å². The summed E-state index contributed by atoms with van der Waals surface area (Å²) in [6, 6.07) is 0. The number of aliphatic hydroxyl groups excluding tert-OH is 1. The van der Waals surface area contributed by atoms with Crippen molar-refractivity contribution in [1.82, 2.24) is 4.90 Å². The van der Waals surface area contributed by atoms with Gasteiger partial charge in [0.05, 0.1) is 19.8 Å². The summed E-state index contributed by atoms with van der Waals surface area (Å²) in [5.74, 6) is 1.35. The molecule has 0 aliphatic heterocycles. The van der Waals surface area contributed by atoms with Crippen molar-refractivity contribution in [2.24, 2.45) is 11.8 Å². The zero-order valence-electron chi connectivity index (χ0n) is 34.1. The summed E-state index contributed by atoms with van der Waals surface area (Å²) >= 11 is 0. The van der Waals surface area contributed by atoms with E-state index in [0.29, 0.717) is 32.1 Å². The Morgan fingerprint density at radius 1 is 0.588 bits per heavy atom. The summed E-state index contributed by atoms with van der Waals surface area (Å²) in [5.41, 5.74) is 0. The molecular formula is C44H85NO6. The van der Waals surface area contributed by atoms with Crippen molar-refractivity contribution in [3.05, 3.63) is 0 Å². The Balaban J connectivity index is 2.12. The third-order valence-corrected chi connectivity index (χ3v) is 11.0. The summed E-state index contributed by atoms with van der Waals surface area (Å²) in [6.45, 7) is 10.3. The van der Waals surface area contributed by atoms with Gasteiger partial charge in [-0.3, -0.25) is 4.79 Å². The molecule has 0 aromatic carbocycles. The minimum Gasteiger partial charge on any atom is -0.462 e. The van der Waals surface area contributed by atoms with Gasteiger partial charge in [0.15, 0.2) is 0 Å². The van der Waals surface area contributed by atoms with Crippen LogP contribution in [0.2, 0.25) is 0 Å². The number of hydrogen-bond acceptors (Lipinski definition) is 7. The van der Waals surface area contributed by atoms with E-state index >= 15 is 0 Å². The maximum atomic E-state index is 12.7. The molecule has 0 aromatic heterocycles. The second-order valence-corrected chi connectivity index (χ2v) is 15.8. The average molecular weight is 724 g/mol. The molecule has 0 aromatic rings. The number of esters is 1. The van der Waals surface area contributed by atoms with Gasteiger partial charge in [-0.05, 0) is 89.1 Å². The van der Waals surface area contributed by atoms with E-state index in [2.05, 4.69) is 25.7 Å². The summed E-state index contributed by atoms with van der Waals surface area (Å²) < 4.78 is 16.8. The van der Waals surface area contributed by atoms with E-state index in [-0.39, 0.29) is 18.7 Å². The van der Waals surface area contributed by atoms with Gasteiger partial charge in [0.25, 0.3) is 0 Å². The molecular weight excluding hydrogens is 638 g/mol. The lowest BCUT2D eigenvalue weighted by molar-refractivity contribution is -0.150. The lowest BCUT2D eigenvalue weighted by Crippen LogP contribution is -2.29. The van der Waals surface area contributed by atoms with Crippen LogP contribution in [-0.4, -0.2) is 67.7 Å². The molecule has 51 heavy (non-hydrogen) atoms. The van der Waals surface area contributed by atoms with Crippen molar-refractivity contribution in [3.63, 3.8) is 0 Å². The molecule has 0 unspecified atom stereocenters. The van der Waals surface area contributed by atoms with Gasteiger partial charge in [-0.2, -0.15) is 0 Å². The van der Waals surface area contributed by atoms with Crippen LogP contribution >= 0.6 is 0 Å². The Morgan fingerprint density at radius 2 is 1.10 bits per heavy atom. The van der Waals surface area contributed by atoms with Crippen LogP contribution < -0.4 is 0 Å². The van der Waals surface area contributed by atoms with E-state index in [4.69, 9.17) is 14.2 Å². The number of nitrogens with zero attached hydrogens (tertiary/aromatic N) is 1. The predicted molar refractivity (Wildman–Crippen MR) is 213 cm³/mol. The number of hydrogen-bond donors (Lipinski definition) is 1. The molecule has 7 heteroatoms. The molecule has 0 saturated heterocycles. The number of ether oxygens (including phenoxy) is 3. The highest BCUT2D eigenvalue weighted by Crippen LogP contribution is 2.32. The fourth-order valence-corrected chi connectivity index (χ4v) is 7.61. The fraction of sp³-hybridized carbons (Fsp3) is 0.955. The van der Waals surface area contributed by atoms with Gasteiger partial charge in [-0.25, -0.2) is 4.79 Å². The van der Waals surface area contributed by atoms with E-state index in [9.17, 15) is 14.7 Å². The molecule has 302 valence electrons. The Morgan fingerprint density at radius 3 is 1.71 bits per heavy atom. The molecule has 0 radical (unpaired) electrons. The molecule has 0 heterocycles. The van der Waals surface area contributed by atoms with Crippen LogP contribution in [0, 0.1) is 11.8 Å². The Bertz CT molecular complexity index is 755. The molecule has 0 atom stereocenters. The normalized spacial score (nSPS) is 16.2. The Hall–Kier alpha value is -1.34. The van der Waals surface area contributed by atoms with Gasteiger partial charge in [-0.15, -0.1) is 0 Å². The highest BCUT2D eigenvalue weighted by atomic mass is 16.7. The number of aliphatic hydroxyl groups is 1. The topological polar surface area (TPSA) is 85.3 Å². The first kappa shape index (κ1) is 47.7. The largest absolute Gasteiger partial charge is 0.508 e. The van der Waals surface area contributed by atoms with Crippen molar-refractivity contribution >= 4 is 12.1 Å². The maximum Gasteiger partial charge on any atom is 0.508 e. The zero-order valence-corrected chi connectivity index (χ0v) is 34.1. The summed E-state index contributed by atoms with van der Waals surface area (Å²) in [7, 11) is 0. The van der Waals surface area contributed by atoms with Crippen LogP contribution in [0.25, 0.3) is 0 Å². The van der Waals surface area contributed by atoms with Crippen LogP contribution in [-0.2, 0) is 19.0 Å². The van der Waals surface area contributed by atoms with Crippen LogP contribution in [0.3, 0.4) is 0 Å². The smallest absolute Gasteiger partial charge is 0.462 e. The molecule has 1 rings (SSSR count). The van der Waals surface area contributed by atoms with E-state index in [1.54, 1.807) is 0 Å². The van der Waals surface area contributed by atoms with Crippen molar-refractivity contribution in [2.45, 2.75) is 219 Å². The van der Waals surface area contributed by atoms with Gasteiger partial charge >= 0.3 is 12.1 Å². The van der Waals surface area contributed by atoms with Crippen LogP contribution in [0.15, 0.2) is 0 Å². The third-order valence-electron chi connectivity index (χ3n) is 11.0. The van der Waals surface area contributed by atoms with Gasteiger partial charge in [0, 0.05) is 13.0 Å². The van der Waals surface area contributed by atoms with Crippen LogP contribution in [0.4, 0.5) is 4.79 Å². The van der Waals surface area contributed by atoms with E-state index in [1.165, 1.54) is 128 Å². The first-order chi connectivity index (χ1) is 25.0. The van der Waals surface area contributed by atoms with Crippen molar-refractivity contribution in [3.8, 4) is 0 Å². The minimum atomic E-state index is -0.526. The quantitative estimate of drug-likeness (QED) is 0.0509. The Kier molecular flexibility index (Phi) is 33.4. The second-order valence-electron chi connectivity index (χ2n) is 15.8. The molecule has 1 N–H and O–H groups in total. The summed E-state index contributed by atoms with van der Waals surface area (Å²) in [6.07, 6.45) is 34.7. The lowest BCUT2D eigenvalue weighted by Gasteiger charge is -2.28. The average Bonchev–Trinajstić information content (AvgIpc) is 3.13. The van der Waals surface area contributed by atoms with Gasteiger partial charge in [0.1, 0.15) is 6.10 Å². The SMILES string of the molecule is CCCCCCCCC(CCCCCCCC)OC(=O)CCCCCCCN(CCO)CCCCOC(=O)OCC1CCC(CCCCC)CC1. The predicted octanol–water partition coefficient (Wildman–Crippen LogP) is 12.4. The van der Waals surface area contributed by atoms with Crippen LogP contribution in [0.1, 0.15) is 213 Å². The molecule has 7 nitrogen and oxygen atoms in total. The Labute approximate surface area is 316 Å². The monoisotopic (exact) mass is 724 g/mol. The molecule has 0 bridgehead atoms. The molecule has 0 spiro atoms. The van der Waals surface area contributed by atoms with E-state index in [0.717, 1.165) is 76.8 Å². The maximum absolute atomic E-state index is 12.7. The number of unbranched alkanes of at least 4 members (excludes halogenated alkanes) is 17. The fourth-order valence-electron chi connectivity index (χ4n) is 7.61. The van der Waals surface area contributed by atoms with Crippen molar-refractivity contribution < 1.29 is 28.9 Å². The summed E-state index contributed by atoms with van der Waals surface area (Å²) in [4.78, 5) is 27.1. The third kappa shape index (κ3) is 29.8. The van der Waals surface area contributed by atoms with Crippen molar-refractivity contribution in [1.29, 1.82) is 0 Å². The van der Waals surface area contributed by atoms with Gasteiger partial charge < -0.3 is 24.2 Å².